The maximum Gasteiger partial charge on any atom is 0.283 e. The summed E-state index contributed by atoms with van der Waals surface area (Å²) in [6.07, 6.45) is 0. The molecule has 1 aliphatic heterocycles. The van der Waals surface area contributed by atoms with E-state index in [9.17, 15) is 8.42 Å². The summed E-state index contributed by atoms with van der Waals surface area (Å²) in [5.74, 6) is 0.343. The number of benzene rings is 4. The number of amidine groups is 1. The molecule has 0 bridgehead atoms. The molecule has 0 unspecified atom stereocenters. The molecule has 1 heterocycles. The van der Waals surface area contributed by atoms with Gasteiger partial charge in [-0.15, -0.1) is 4.40 Å². The number of nitrogens with zero attached hydrogens (tertiary/aromatic N) is 2. The number of anilines is 1. The molecule has 0 saturated carbocycles. The summed E-state index contributed by atoms with van der Waals surface area (Å²) < 4.78 is 31.1. The first-order chi connectivity index (χ1) is 16.0. The normalized spacial score (nSPS) is 19.3. The van der Waals surface area contributed by atoms with Crippen LogP contribution in [0, 0.1) is 6.92 Å². The molecule has 1 aliphatic rings. The van der Waals surface area contributed by atoms with Crippen LogP contribution in [0.5, 0.6) is 0 Å². The van der Waals surface area contributed by atoms with E-state index in [0.717, 1.165) is 22.4 Å². The Morgan fingerprint density at radius 2 is 1.18 bits per heavy atom. The third kappa shape index (κ3) is 4.08. The molecule has 5 heteroatoms. The van der Waals surface area contributed by atoms with Crippen molar-refractivity contribution in [3.05, 3.63) is 132 Å². The second-order valence-electron chi connectivity index (χ2n) is 8.19. The zero-order chi connectivity index (χ0) is 22.8. The van der Waals surface area contributed by atoms with Crippen molar-refractivity contribution in [2.24, 2.45) is 4.40 Å². The molecule has 0 aliphatic carbocycles. The van der Waals surface area contributed by atoms with Gasteiger partial charge >= 0.3 is 0 Å². The molecule has 4 aromatic carbocycles. The van der Waals surface area contributed by atoms with Gasteiger partial charge in [0.1, 0.15) is 5.84 Å². The van der Waals surface area contributed by atoms with Crippen LogP contribution in [-0.4, -0.2) is 14.3 Å². The van der Waals surface area contributed by atoms with E-state index in [1.54, 1.807) is 24.3 Å². The average Bonchev–Trinajstić information content (AvgIpc) is 2.84. The van der Waals surface area contributed by atoms with Crippen LogP contribution in [0.4, 0.5) is 5.69 Å². The van der Waals surface area contributed by atoms with Crippen LogP contribution >= 0.6 is 0 Å². The minimum atomic E-state index is -3.88. The molecule has 4 aromatic rings. The molecule has 0 amide bonds. The van der Waals surface area contributed by atoms with E-state index in [2.05, 4.69) is 16.5 Å². The molecule has 164 valence electrons. The molecule has 0 radical (unpaired) electrons. The van der Waals surface area contributed by atoms with Gasteiger partial charge in [-0.3, -0.25) is 0 Å². The number of rotatable bonds is 5. The minimum Gasteiger partial charge on any atom is -0.320 e. The molecule has 4 nitrogen and oxygen atoms in total. The van der Waals surface area contributed by atoms with Crippen molar-refractivity contribution < 1.29 is 8.42 Å². The number of aryl methyl sites for hydroxylation is 1. The summed E-state index contributed by atoms with van der Waals surface area (Å²) in [5.41, 5.74) is 4.07. The Kier molecular flexibility index (Phi) is 5.56. The van der Waals surface area contributed by atoms with Gasteiger partial charge in [0, 0.05) is 5.69 Å². The Labute approximate surface area is 194 Å². The van der Waals surface area contributed by atoms with Gasteiger partial charge in [0.2, 0.25) is 0 Å². The van der Waals surface area contributed by atoms with Crippen molar-refractivity contribution in [3.63, 3.8) is 0 Å². The summed E-state index contributed by atoms with van der Waals surface area (Å²) in [4.78, 5) is 2.24. The summed E-state index contributed by atoms with van der Waals surface area (Å²) in [6, 6.07) is 36.8. The molecule has 1 saturated heterocycles. The molecular formula is C28H24N2O2S. The van der Waals surface area contributed by atoms with Crippen LogP contribution in [0.1, 0.15) is 28.7 Å². The monoisotopic (exact) mass is 452 g/mol. The topological polar surface area (TPSA) is 49.7 Å². The highest BCUT2D eigenvalue weighted by atomic mass is 32.2. The molecule has 5 rings (SSSR count). The highest BCUT2D eigenvalue weighted by Crippen LogP contribution is 2.50. The maximum absolute atomic E-state index is 13.3. The van der Waals surface area contributed by atoms with Crippen LogP contribution in [0.2, 0.25) is 0 Å². The molecule has 33 heavy (non-hydrogen) atoms. The fourth-order valence-corrected chi connectivity index (χ4v) is 5.39. The van der Waals surface area contributed by atoms with Gasteiger partial charge in [0.25, 0.3) is 10.0 Å². The highest BCUT2D eigenvalue weighted by Gasteiger charge is 2.48. The smallest absolute Gasteiger partial charge is 0.283 e. The zero-order valence-electron chi connectivity index (χ0n) is 18.2. The van der Waals surface area contributed by atoms with Gasteiger partial charge in [0.15, 0.2) is 0 Å². The van der Waals surface area contributed by atoms with E-state index in [1.165, 1.54) is 0 Å². The van der Waals surface area contributed by atoms with E-state index in [-0.39, 0.29) is 16.9 Å². The van der Waals surface area contributed by atoms with Crippen molar-refractivity contribution >= 4 is 21.5 Å². The van der Waals surface area contributed by atoms with Crippen LogP contribution < -0.4 is 4.90 Å². The van der Waals surface area contributed by atoms with Crippen molar-refractivity contribution in [1.82, 2.24) is 0 Å². The van der Waals surface area contributed by atoms with Crippen molar-refractivity contribution in [2.75, 3.05) is 4.90 Å². The SMILES string of the molecule is Cc1ccc(S(=O)(=O)/N=C2/[C@H](c3ccccc3)[C@@H](c3ccccc3)N2c2ccccc2)cc1. The largest absolute Gasteiger partial charge is 0.320 e. The van der Waals surface area contributed by atoms with Gasteiger partial charge in [-0.25, -0.2) is 0 Å². The number of hydrogen-bond acceptors (Lipinski definition) is 2. The van der Waals surface area contributed by atoms with Gasteiger partial charge in [-0.2, -0.15) is 8.42 Å². The van der Waals surface area contributed by atoms with Crippen LogP contribution in [0.25, 0.3) is 0 Å². The minimum absolute atomic E-state index is 0.0667. The summed E-state index contributed by atoms with van der Waals surface area (Å²) in [7, 11) is -3.88. The Hall–Kier alpha value is -3.70. The lowest BCUT2D eigenvalue weighted by Crippen LogP contribution is -2.54. The van der Waals surface area contributed by atoms with Crippen LogP contribution in [-0.2, 0) is 10.0 Å². The first-order valence-corrected chi connectivity index (χ1v) is 12.3. The number of hydrogen-bond donors (Lipinski definition) is 0. The molecule has 0 N–H and O–H groups in total. The van der Waals surface area contributed by atoms with Crippen molar-refractivity contribution in [2.45, 2.75) is 23.8 Å². The fraction of sp³-hybridized carbons (Fsp3) is 0.107. The van der Waals surface area contributed by atoms with E-state index in [1.807, 2.05) is 90.7 Å². The number of para-hydroxylation sites is 1. The molecule has 0 aromatic heterocycles. The van der Waals surface area contributed by atoms with E-state index >= 15 is 0 Å². The molecule has 1 fully saturated rings. The van der Waals surface area contributed by atoms with Gasteiger partial charge in [0.05, 0.1) is 16.9 Å². The van der Waals surface area contributed by atoms with Gasteiger partial charge in [-0.1, -0.05) is 96.6 Å². The fourth-order valence-electron chi connectivity index (χ4n) is 4.35. The van der Waals surface area contributed by atoms with E-state index in [0.29, 0.717) is 5.84 Å². The molecule has 0 spiro atoms. The predicted octanol–water partition coefficient (Wildman–Crippen LogP) is 6.13. The third-order valence-corrected chi connectivity index (χ3v) is 7.28. The maximum atomic E-state index is 13.3. The highest BCUT2D eigenvalue weighted by molar-refractivity contribution is 7.90. The lowest BCUT2D eigenvalue weighted by molar-refractivity contribution is 0.566. The Morgan fingerprint density at radius 1 is 0.667 bits per heavy atom. The second kappa shape index (κ2) is 8.68. The first kappa shape index (κ1) is 21.2. The van der Waals surface area contributed by atoms with Crippen LogP contribution in [0.15, 0.2) is 125 Å². The standard InChI is InChI=1S/C28H24N2O2S/c1-21-17-19-25(20-18-21)33(31,32)29-28-26(22-11-5-2-6-12-22)27(23-13-7-3-8-14-23)30(28)24-15-9-4-10-16-24/h2-20,26-27H,1H3/b29-28-/t26-,27-/m1/s1. The average molecular weight is 453 g/mol. The summed E-state index contributed by atoms with van der Waals surface area (Å²) >= 11 is 0. The summed E-state index contributed by atoms with van der Waals surface area (Å²) in [6.45, 7) is 1.93. The number of sulfonamides is 1. The quantitative estimate of drug-likeness (QED) is 0.366. The van der Waals surface area contributed by atoms with E-state index < -0.39 is 10.0 Å². The van der Waals surface area contributed by atoms with Gasteiger partial charge in [-0.05, 0) is 42.3 Å². The third-order valence-electron chi connectivity index (χ3n) is 5.99. The predicted molar refractivity (Wildman–Crippen MR) is 133 cm³/mol. The van der Waals surface area contributed by atoms with E-state index in [4.69, 9.17) is 0 Å². The molecular weight excluding hydrogens is 428 g/mol. The van der Waals surface area contributed by atoms with Crippen molar-refractivity contribution in [3.8, 4) is 0 Å². The lowest BCUT2D eigenvalue weighted by Gasteiger charge is -2.50. The van der Waals surface area contributed by atoms with Crippen LogP contribution in [0.3, 0.4) is 0 Å². The summed E-state index contributed by atoms with van der Waals surface area (Å²) in [5, 5.41) is 0. The Morgan fingerprint density at radius 3 is 1.76 bits per heavy atom. The van der Waals surface area contributed by atoms with Gasteiger partial charge < -0.3 is 4.90 Å². The second-order valence-corrected chi connectivity index (χ2v) is 9.79. The van der Waals surface area contributed by atoms with Crippen molar-refractivity contribution in [1.29, 1.82) is 0 Å². The Balaban J connectivity index is 1.68. The lowest BCUT2D eigenvalue weighted by atomic mass is 9.77. The zero-order valence-corrected chi connectivity index (χ0v) is 19.1. The first-order valence-electron chi connectivity index (χ1n) is 10.9. The Bertz CT molecular complexity index is 1320. The molecule has 2 atom stereocenters.